The van der Waals surface area contributed by atoms with Gasteiger partial charge in [0.05, 0.1) is 6.04 Å². The average Bonchev–Trinajstić information content (AvgIpc) is 2.88. The van der Waals surface area contributed by atoms with Crippen LogP contribution in [0.25, 0.3) is 0 Å². The zero-order valence-electron chi connectivity index (χ0n) is 11.5. The third-order valence-corrected chi connectivity index (χ3v) is 3.27. The van der Waals surface area contributed by atoms with Crippen LogP contribution in [0, 0.1) is 5.82 Å². The van der Waals surface area contributed by atoms with Crippen LogP contribution in [-0.4, -0.2) is 16.7 Å². The summed E-state index contributed by atoms with van der Waals surface area (Å²) in [5.41, 5.74) is 0.773. The maximum absolute atomic E-state index is 13.0. The molecule has 1 aromatic heterocycles. The zero-order valence-corrected chi connectivity index (χ0v) is 12.2. The van der Waals surface area contributed by atoms with E-state index in [4.69, 9.17) is 16.1 Å². The molecule has 1 aromatic carbocycles. The lowest BCUT2D eigenvalue weighted by Crippen LogP contribution is -2.19. The molecule has 1 heterocycles. The number of benzene rings is 1. The molecule has 0 saturated heterocycles. The minimum Gasteiger partial charge on any atom is -0.338 e. The van der Waals surface area contributed by atoms with Crippen LogP contribution in [-0.2, 0) is 6.42 Å². The monoisotopic (exact) mass is 297 g/mol. The fourth-order valence-corrected chi connectivity index (χ4v) is 2.03. The molecule has 1 unspecified atom stereocenters. The van der Waals surface area contributed by atoms with E-state index in [0.29, 0.717) is 23.2 Å². The van der Waals surface area contributed by atoms with Crippen molar-refractivity contribution in [1.82, 2.24) is 15.5 Å². The van der Waals surface area contributed by atoms with Gasteiger partial charge in [-0.1, -0.05) is 29.7 Å². The van der Waals surface area contributed by atoms with E-state index in [-0.39, 0.29) is 11.9 Å². The Morgan fingerprint density at radius 1 is 1.45 bits per heavy atom. The minimum atomic E-state index is -0.357. The predicted octanol–water partition coefficient (Wildman–Crippen LogP) is 3.51. The van der Waals surface area contributed by atoms with E-state index in [9.17, 15) is 4.39 Å². The smallest absolute Gasteiger partial charge is 0.243 e. The summed E-state index contributed by atoms with van der Waals surface area (Å²) in [6.45, 7) is 4.95. The van der Waals surface area contributed by atoms with E-state index in [1.54, 1.807) is 6.07 Å². The summed E-state index contributed by atoms with van der Waals surface area (Å²) >= 11 is 5.98. The summed E-state index contributed by atoms with van der Waals surface area (Å²) in [5.74, 6) is 0.732. The summed E-state index contributed by atoms with van der Waals surface area (Å²) in [6.07, 6.45) is 1.46. The maximum atomic E-state index is 13.0. The Balaban J connectivity index is 2.05. The van der Waals surface area contributed by atoms with Crippen molar-refractivity contribution in [3.8, 4) is 0 Å². The van der Waals surface area contributed by atoms with Gasteiger partial charge in [-0.2, -0.15) is 4.98 Å². The fourth-order valence-electron chi connectivity index (χ4n) is 1.80. The zero-order chi connectivity index (χ0) is 14.5. The number of hydrogen-bond donors (Lipinski definition) is 1. The van der Waals surface area contributed by atoms with Crippen molar-refractivity contribution in [3.05, 3.63) is 46.3 Å². The summed E-state index contributed by atoms with van der Waals surface area (Å²) in [5, 5.41) is 7.57. The minimum absolute atomic E-state index is 0.0138. The Morgan fingerprint density at radius 2 is 2.25 bits per heavy atom. The maximum Gasteiger partial charge on any atom is 0.243 e. The molecule has 0 spiro atoms. The first-order valence-corrected chi connectivity index (χ1v) is 6.97. The number of nitrogens with zero attached hydrogens (tertiary/aromatic N) is 2. The molecule has 108 valence electrons. The number of hydrogen-bond acceptors (Lipinski definition) is 4. The van der Waals surface area contributed by atoms with Gasteiger partial charge in [-0.15, -0.1) is 0 Å². The Labute approximate surface area is 122 Å². The lowest BCUT2D eigenvalue weighted by atomic mass is 10.1. The van der Waals surface area contributed by atoms with E-state index in [2.05, 4.69) is 22.4 Å². The van der Waals surface area contributed by atoms with Crippen LogP contribution in [0.15, 0.2) is 22.7 Å². The standard InChI is InChI=1S/C14H17ClFN3O/c1-3-6-17-9(2)14-18-13(19-20-14)7-10-4-5-11(16)8-12(10)15/h4-5,8-9,17H,3,6-7H2,1-2H3. The van der Waals surface area contributed by atoms with Gasteiger partial charge in [0, 0.05) is 11.4 Å². The van der Waals surface area contributed by atoms with Crippen LogP contribution in [0.5, 0.6) is 0 Å². The van der Waals surface area contributed by atoms with Gasteiger partial charge in [-0.25, -0.2) is 4.39 Å². The van der Waals surface area contributed by atoms with Gasteiger partial charge in [-0.3, -0.25) is 0 Å². The van der Waals surface area contributed by atoms with Crippen LogP contribution in [0.2, 0.25) is 5.02 Å². The van der Waals surface area contributed by atoms with Crippen molar-refractivity contribution in [3.63, 3.8) is 0 Å². The second kappa shape index (κ2) is 6.81. The Morgan fingerprint density at radius 3 is 2.95 bits per heavy atom. The molecule has 0 aliphatic heterocycles. The van der Waals surface area contributed by atoms with Crippen LogP contribution in [0.4, 0.5) is 4.39 Å². The van der Waals surface area contributed by atoms with Crippen LogP contribution >= 0.6 is 11.6 Å². The number of halogens is 2. The predicted molar refractivity (Wildman–Crippen MR) is 75.2 cm³/mol. The van der Waals surface area contributed by atoms with Gasteiger partial charge < -0.3 is 9.84 Å². The van der Waals surface area contributed by atoms with Gasteiger partial charge in [-0.05, 0) is 37.6 Å². The number of nitrogens with one attached hydrogen (secondary N) is 1. The van der Waals surface area contributed by atoms with Crippen molar-refractivity contribution in [1.29, 1.82) is 0 Å². The first-order chi connectivity index (χ1) is 9.60. The molecular weight excluding hydrogens is 281 g/mol. The normalized spacial score (nSPS) is 12.6. The number of aromatic nitrogens is 2. The van der Waals surface area contributed by atoms with Crippen molar-refractivity contribution in [2.45, 2.75) is 32.7 Å². The highest BCUT2D eigenvalue weighted by Gasteiger charge is 2.14. The first kappa shape index (κ1) is 14.9. The summed E-state index contributed by atoms with van der Waals surface area (Å²) in [6, 6.07) is 4.29. The molecule has 4 nitrogen and oxygen atoms in total. The molecule has 1 N–H and O–H groups in total. The second-order valence-electron chi connectivity index (χ2n) is 4.64. The topological polar surface area (TPSA) is 51.0 Å². The fraction of sp³-hybridized carbons (Fsp3) is 0.429. The highest BCUT2D eigenvalue weighted by atomic mass is 35.5. The SMILES string of the molecule is CCCNC(C)c1nc(Cc2ccc(F)cc2Cl)no1. The van der Waals surface area contributed by atoms with Crippen molar-refractivity contribution in [2.75, 3.05) is 6.54 Å². The molecule has 0 aliphatic carbocycles. The summed E-state index contributed by atoms with van der Waals surface area (Å²) < 4.78 is 18.2. The van der Waals surface area contributed by atoms with Crippen LogP contribution < -0.4 is 5.32 Å². The Bertz CT molecular complexity index is 573. The van der Waals surface area contributed by atoms with E-state index in [1.807, 2.05) is 6.92 Å². The summed E-state index contributed by atoms with van der Waals surface area (Å²) in [4.78, 5) is 4.33. The molecule has 0 radical (unpaired) electrons. The molecule has 1 atom stereocenters. The third kappa shape index (κ3) is 3.77. The molecule has 6 heteroatoms. The number of rotatable bonds is 6. The molecule has 0 bridgehead atoms. The Kier molecular flexibility index (Phi) is 5.09. The first-order valence-electron chi connectivity index (χ1n) is 6.60. The molecule has 0 aliphatic rings. The van der Waals surface area contributed by atoms with E-state index < -0.39 is 0 Å². The molecule has 2 aromatic rings. The Hall–Kier alpha value is -1.46. The molecule has 0 fully saturated rings. The second-order valence-corrected chi connectivity index (χ2v) is 5.04. The molecule has 2 rings (SSSR count). The van der Waals surface area contributed by atoms with E-state index >= 15 is 0 Å². The quantitative estimate of drug-likeness (QED) is 0.886. The van der Waals surface area contributed by atoms with Gasteiger partial charge in [0.2, 0.25) is 5.89 Å². The third-order valence-electron chi connectivity index (χ3n) is 2.92. The van der Waals surface area contributed by atoms with Gasteiger partial charge in [0.25, 0.3) is 0 Å². The van der Waals surface area contributed by atoms with E-state index in [1.165, 1.54) is 12.1 Å². The molecule has 20 heavy (non-hydrogen) atoms. The molecular formula is C14H17ClFN3O. The van der Waals surface area contributed by atoms with Gasteiger partial charge in [0.1, 0.15) is 5.82 Å². The lowest BCUT2D eigenvalue weighted by molar-refractivity contribution is 0.337. The average molecular weight is 298 g/mol. The highest BCUT2D eigenvalue weighted by Crippen LogP contribution is 2.20. The van der Waals surface area contributed by atoms with Gasteiger partial charge in [0.15, 0.2) is 5.82 Å². The van der Waals surface area contributed by atoms with Crippen molar-refractivity contribution >= 4 is 11.6 Å². The largest absolute Gasteiger partial charge is 0.338 e. The summed E-state index contributed by atoms with van der Waals surface area (Å²) in [7, 11) is 0. The highest BCUT2D eigenvalue weighted by molar-refractivity contribution is 6.31. The molecule has 0 saturated carbocycles. The van der Waals surface area contributed by atoms with Gasteiger partial charge >= 0.3 is 0 Å². The molecule has 0 amide bonds. The van der Waals surface area contributed by atoms with Crippen molar-refractivity contribution in [2.24, 2.45) is 0 Å². The van der Waals surface area contributed by atoms with E-state index in [0.717, 1.165) is 18.5 Å². The lowest BCUT2D eigenvalue weighted by Gasteiger charge is -2.06. The van der Waals surface area contributed by atoms with Crippen LogP contribution in [0.1, 0.15) is 43.6 Å². The van der Waals surface area contributed by atoms with Crippen LogP contribution in [0.3, 0.4) is 0 Å². The van der Waals surface area contributed by atoms with Crippen molar-refractivity contribution < 1.29 is 8.91 Å².